The lowest BCUT2D eigenvalue weighted by atomic mass is 9.87. The molecule has 0 bridgehead atoms. The summed E-state index contributed by atoms with van der Waals surface area (Å²) in [6.45, 7) is 6.46. The Bertz CT molecular complexity index is 1200. The van der Waals surface area contributed by atoms with E-state index in [9.17, 15) is 9.59 Å². The van der Waals surface area contributed by atoms with Crippen LogP contribution in [0, 0.1) is 0 Å². The zero-order valence-corrected chi connectivity index (χ0v) is 20.9. The monoisotopic (exact) mass is 468 g/mol. The zero-order chi connectivity index (χ0) is 25.4. The quantitative estimate of drug-likeness (QED) is 0.292. The Kier molecular flexibility index (Phi) is 8.21. The highest BCUT2D eigenvalue weighted by Crippen LogP contribution is 2.21. The fourth-order valence-electron chi connectivity index (χ4n) is 3.27. The van der Waals surface area contributed by atoms with Crippen LogP contribution in [0.4, 0.5) is 5.69 Å². The van der Waals surface area contributed by atoms with E-state index < -0.39 is 5.91 Å². The van der Waals surface area contributed by atoms with Crippen molar-refractivity contribution < 1.29 is 9.59 Å². The average molecular weight is 469 g/mol. The van der Waals surface area contributed by atoms with Gasteiger partial charge in [0.25, 0.3) is 11.8 Å². The molecule has 2 N–H and O–H groups in total. The molecule has 0 unspecified atom stereocenters. The number of rotatable bonds is 7. The van der Waals surface area contributed by atoms with Crippen molar-refractivity contribution in [2.75, 3.05) is 19.0 Å². The van der Waals surface area contributed by atoms with Crippen molar-refractivity contribution in [3.05, 3.63) is 107 Å². The van der Waals surface area contributed by atoms with Crippen LogP contribution in [0.3, 0.4) is 0 Å². The van der Waals surface area contributed by atoms with Crippen LogP contribution in [0.15, 0.2) is 89.7 Å². The number of anilines is 1. The molecular formula is C29H32N4O2. The van der Waals surface area contributed by atoms with Crippen LogP contribution < -0.4 is 15.6 Å². The molecule has 0 aliphatic rings. The molecule has 0 aliphatic carbocycles. The summed E-state index contributed by atoms with van der Waals surface area (Å²) in [6, 6.07) is 24.4. The normalized spacial score (nSPS) is 11.9. The van der Waals surface area contributed by atoms with Gasteiger partial charge >= 0.3 is 0 Å². The summed E-state index contributed by atoms with van der Waals surface area (Å²) >= 11 is 0. The highest BCUT2D eigenvalue weighted by atomic mass is 16.2. The van der Waals surface area contributed by atoms with Crippen molar-refractivity contribution in [2.45, 2.75) is 26.2 Å². The van der Waals surface area contributed by atoms with Crippen molar-refractivity contribution >= 4 is 29.8 Å². The lowest BCUT2D eigenvalue weighted by Crippen LogP contribution is -2.32. The van der Waals surface area contributed by atoms with Gasteiger partial charge in [-0.2, -0.15) is 5.10 Å². The minimum atomic E-state index is -0.520. The molecule has 0 heterocycles. The third-order valence-corrected chi connectivity index (χ3v) is 5.41. The first kappa shape index (κ1) is 25.4. The number of nitrogens with one attached hydrogen (secondary N) is 2. The Morgan fingerprint density at radius 1 is 0.829 bits per heavy atom. The number of benzene rings is 3. The summed E-state index contributed by atoms with van der Waals surface area (Å²) in [5.41, 5.74) is 7.01. The van der Waals surface area contributed by atoms with Crippen molar-refractivity contribution in [3.63, 3.8) is 0 Å². The molecule has 0 saturated carbocycles. The van der Waals surface area contributed by atoms with Gasteiger partial charge in [0.1, 0.15) is 5.70 Å². The van der Waals surface area contributed by atoms with Crippen LogP contribution in [0.2, 0.25) is 0 Å². The molecule has 0 aromatic heterocycles. The molecule has 3 aromatic rings. The van der Waals surface area contributed by atoms with Crippen molar-refractivity contribution in [1.29, 1.82) is 0 Å². The smallest absolute Gasteiger partial charge is 0.287 e. The molecule has 180 valence electrons. The van der Waals surface area contributed by atoms with E-state index in [1.807, 2.05) is 73.6 Å². The fraction of sp³-hybridized carbons (Fsp3) is 0.207. The Balaban J connectivity index is 1.78. The second-order valence-electron chi connectivity index (χ2n) is 9.44. The number of carbonyl (C=O) groups excluding carboxylic acids is 2. The predicted octanol–water partition coefficient (Wildman–Crippen LogP) is 4.97. The topological polar surface area (TPSA) is 73.8 Å². The molecule has 0 aliphatic heterocycles. The highest BCUT2D eigenvalue weighted by molar-refractivity contribution is 6.05. The Labute approximate surface area is 207 Å². The van der Waals surface area contributed by atoms with E-state index in [2.05, 4.69) is 36.6 Å². The molecule has 6 heteroatoms. The fourth-order valence-corrected chi connectivity index (χ4v) is 3.27. The Hall–Kier alpha value is -4.19. The van der Waals surface area contributed by atoms with Crippen LogP contribution in [0.5, 0.6) is 0 Å². The molecule has 2 amide bonds. The number of hydrogen-bond donors (Lipinski definition) is 2. The third kappa shape index (κ3) is 7.40. The van der Waals surface area contributed by atoms with Crippen LogP contribution in [0.25, 0.3) is 6.08 Å². The average Bonchev–Trinajstić information content (AvgIpc) is 2.84. The number of nitrogens with zero attached hydrogens (tertiary/aromatic N) is 2. The first-order valence-electron chi connectivity index (χ1n) is 11.4. The van der Waals surface area contributed by atoms with E-state index in [0.29, 0.717) is 5.56 Å². The third-order valence-electron chi connectivity index (χ3n) is 5.41. The zero-order valence-electron chi connectivity index (χ0n) is 20.9. The summed E-state index contributed by atoms with van der Waals surface area (Å²) in [5.74, 6) is -0.896. The molecule has 0 radical (unpaired) electrons. The molecule has 35 heavy (non-hydrogen) atoms. The SMILES string of the molecule is CN(C)c1ccc(/C=C(/NC(=O)c2ccccc2)C(=O)NN=Cc2ccc(C(C)(C)C)cc2)cc1. The minimum absolute atomic E-state index is 0.0608. The van der Waals surface area contributed by atoms with Crippen LogP contribution in [-0.2, 0) is 10.2 Å². The largest absolute Gasteiger partial charge is 0.378 e. The van der Waals surface area contributed by atoms with E-state index >= 15 is 0 Å². The number of amides is 2. The highest BCUT2D eigenvalue weighted by Gasteiger charge is 2.15. The lowest BCUT2D eigenvalue weighted by Gasteiger charge is -2.18. The lowest BCUT2D eigenvalue weighted by molar-refractivity contribution is -0.117. The molecule has 3 aromatic carbocycles. The Morgan fingerprint density at radius 2 is 1.43 bits per heavy atom. The van der Waals surface area contributed by atoms with Gasteiger partial charge in [0.2, 0.25) is 0 Å². The van der Waals surface area contributed by atoms with Crippen LogP contribution in [0.1, 0.15) is 47.8 Å². The van der Waals surface area contributed by atoms with Gasteiger partial charge in [-0.1, -0.05) is 75.4 Å². The molecule has 6 nitrogen and oxygen atoms in total. The van der Waals surface area contributed by atoms with Crippen molar-refractivity contribution in [2.24, 2.45) is 5.10 Å². The van der Waals surface area contributed by atoms with Crippen molar-refractivity contribution in [3.8, 4) is 0 Å². The first-order valence-corrected chi connectivity index (χ1v) is 11.4. The summed E-state index contributed by atoms with van der Waals surface area (Å²) in [7, 11) is 3.91. The van der Waals surface area contributed by atoms with Crippen LogP contribution >= 0.6 is 0 Å². The van der Waals surface area contributed by atoms with Gasteiger partial charge in [0, 0.05) is 25.3 Å². The predicted molar refractivity (Wildman–Crippen MR) is 144 cm³/mol. The maximum Gasteiger partial charge on any atom is 0.287 e. The second-order valence-corrected chi connectivity index (χ2v) is 9.44. The van der Waals surface area contributed by atoms with Gasteiger partial charge < -0.3 is 10.2 Å². The summed E-state index contributed by atoms with van der Waals surface area (Å²) in [5, 5.41) is 6.81. The van der Waals surface area contributed by atoms with Gasteiger partial charge in [0.15, 0.2) is 0 Å². The van der Waals surface area contributed by atoms with Gasteiger partial charge in [-0.05, 0) is 52.4 Å². The Morgan fingerprint density at radius 3 is 2.00 bits per heavy atom. The summed E-state index contributed by atoms with van der Waals surface area (Å²) < 4.78 is 0. The summed E-state index contributed by atoms with van der Waals surface area (Å²) in [4.78, 5) is 27.7. The van der Waals surface area contributed by atoms with E-state index in [0.717, 1.165) is 16.8 Å². The molecular weight excluding hydrogens is 436 g/mol. The van der Waals surface area contributed by atoms with E-state index in [1.54, 1.807) is 36.6 Å². The molecule has 3 rings (SSSR count). The first-order chi connectivity index (χ1) is 16.6. The maximum atomic E-state index is 12.9. The van der Waals surface area contributed by atoms with E-state index in [-0.39, 0.29) is 17.0 Å². The van der Waals surface area contributed by atoms with Crippen LogP contribution in [-0.4, -0.2) is 32.1 Å². The second kappa shape index (κ2) is 11.3. The number of hydrogen-bond acceptors (Lipinski definition) is 4. The minimum Gasteiger partial charge on any atom is -0.378 e. The summed E-state index contributed by atoms with van der Waals surface area (Å²) in [6.07, 6.45) is 3.20. The van der Waals surface area contributed by atoms with Gasteiger partial charge in [-0.25, -0.2) is 5.43 Å². The van der Waals surface area contributed by atoms with Gasteiger partial charge in [0.05, 0.1) is 6.21 Å². The van der Waals surface area contributed by atoms with Gasteiger partial charge in [-0.3, -0.25) is 9.59 Å². The van der Waals surface area contributed by atoms with Gasteiger partial charge in [-0.15, -0.1) is 0 Å². The molecule has 0 saturated heterocycles. The molecule has 0 fully saturated rings. The van der Waals surface area contributed by atoms with E-state index in [1.165, 1.54) is 5.56 Å². The molecule has 0 atom stereocenters. The molecule has 0 spiro atoms. The van der Waals surface area contributed by atoms with E-state index in [4.69, 9.17) is 0 Å². The standard InChI is InChI=1S/C29H32N4O2/c1-29(2,3)24-15-11-22(12-16-24)20-30-32-28(35)26(31-27(34)23-9-7-6-8-10-23)19-21-13-17-25(18-14-21)33(4)5/h6-20H,1-5H3,(H,31,34)(H,32,35)/b26-19+,30-20?. The number of carbonyl (C=O) groups is 2. The number of hydrazone groups is 1. The maximum absolute atomic E-state index is 12.9. The van der Waals surface area contributed by atoms with Crippen molar-refractivity contribution in [1.82, 2.24) is 10.7 Å².